The predicted molar refractivity (Wildman–Crippen MR) is 73.8 cm³/mol. The van der Waals surface area contributed by atoms with Crippen LogP contribution in [-0.4, -0.2) is 11.8 Å². The summed E-state index contributed by atoms with van der Waals surface area (Å²) in [4.78, 5) is 23.7. The normalized spacial score (nSPS) is 11.7. The van der Waals surface area contributed by atoms with Crippen molar-refractivity contribution >= 4 is 11.8 Å². The summed E-state index contributed by atoms with van der Waals surface area (Å²) in [5.41, 5.74) is 5.68. The number of carbonyl (C=O) groups is 2. The van der Waals surface area contributed by atoms with Gasteiger partial charge in [0.25, 0.3) is 0 Å². The molecule has 2 aromatic rings. The third-order valence-corrected chi connectivity index (χ3v) is 2.97. The number of benzene rings is 1. The van der Waals surface area contributed by atoms with Crippen LogP contribution in [0.2, 0.25) is 0 Å². The molecule has 0 aliphatic rings. The number of amides is 2. The Bertz CT molecular complexity index is 564. The van der Waals surface area contributed by atoms with Crippen LogP contribution in [0.25, 0.3) is 0 Å². The molecule has 2 amide bonds. The van der Waals surface area contributed by atoms with Gasteiger partial charge in [-0.2, -0.15) is 0 Å². The topological polar surface area (TPSA) is 71.3 Å². The molecule has 1 atom stereocenters. The van der Waals surface area contributed by atoms with Crippen molar-refractivity contribution < 1.29 is 14.0 Å². The Kier molecular flexibility index (Phi) is 4.55. The van der Waals surface area contributed by atoms with Gasteiger partial charge in [-0.05, 0) is 24.1 Å². The zero-order chi connectivity index (χ0) is 14.4. The van der Waals surface area contributed by atoms with E-state index in [1.807, 2.05) is 37.3 Å². The van der Waals surface area contributed by atoms with E-state index in [4.69, 9.17) is 4.42 Å². The first-order chi connectivity index (χ1) is 9.72. The molecule has 5 nitrogen and oxygen atoms in total. The molecule has 0 aliphatic heterocycles. The summed E-state index contributed by atoms with van der Waals surface area (Å²) in [6.45, 7) is 1.92. The fourth-order valence-electron chi connectivity index (χ4n) is 1.93. The SMILES string of the molecule is CCC(C(=O)NNC(=O)c1ccco1)c1ccccc1. The van der Waals surface area contributed by atoms with E-state index < -0.39 is 5.91 Å². The molecule has 0 saturated heterocycles. The minimum absolute atomic E-state index is 0.151. The average Bonchev–Trinajstić information content (AvgIpc) is 3.01. The second-order valence-electron chi connectivity index (χ2n) is 4.29. The quantitative estimate of drug-likeness (QED) is 0.838. The summed E-state index contributed by atoms with van der Waals surface area (Å²) < 4.78 is 4.94. The van der Waals surface area contributed by atoms with Crippen LogP contribution in [0.15, 0.2) is 53.1 Å². The lowest BCUT2D eigenvalue weighted by atomic mass is 9.96. The Morgan fingerprint density at radius 1 is 1.10 bits per heavy atom. The minimum atomic E-state index is -0.480. The van der Waals surface area contributed by atoms with E-state index in [-0.39, 0.29) is 17.6 Å². The first-order valence-corrected chi connectivity index (χ1v) is 6.41. The van der Waals surface area contributed by atoms with Gasteiger partial charge in [0.1, 0.15) is 0 Å². The number of furan rings is 1. The molecule has 2 N–H and O–H groups in total. The van der Waals surface area contributed by atoms with Gasteiger partial charge in [0.05, 0.1) is 12.2 Å². The Morgan fingerprint density at radius 3 is 2.45 bits per heavy atom. The Morgan fingerprint density at radius 2 is 1.85 bits per heavy atom. The molecule has 0 radical (unpaired) electrons. The van der Waals surface area contributed by atoms with E-state index in [1.54, 1.807) is 6.07 Å². The molecule has 2 rings (SSSR count). The maximum absolute atomic E-state index is 12.1. The number of hydrazine groups is 1. The Labute approximate surface area is 117 Å². The maximum Gasteiger partial charge on any atom is 0.305 e. The molecule has 0 fully saturated rings. The highest BCUT2D eigenvalue weighted by atomic mass is 16.3. The summed E-state index contributed by atoms with van der Waals surface area (Å²) in [7, 11) is 0. The Hall–Kier alpha value is -2.56. The molecule has 5 heteroatoms. The molecule has 1 aromatic heterocycles. The number of hydrogen-bond acceptors (Lipinski definition) is 3. The zero-order valence-electron chi connectivity index (χ0n) is 11.1. The van der Waals surface area contributed by atoms with E-state index in [2.05, 4.69) is 10.9 Å². The third kappa shape index (κ3) is 3.26. The van der Waals surface area contributed by atoms with E-state index in [0.29, 0.717) is 6.42 Å². The molecule has 0 bridgehead atoms. The monoisotopic (exact) mass is 272 g/mol. The molecule has 0 aliphatic carbocycles. The Balaban J connectivity index is 1.95. The molecule has 104 valence electrons. The second kappa shape index (κ2) is 6.56. The van der Waals surface area contributed by atoms with Crippen molar-refractivity contribution in [1.29, 1.82) is 0 Å². The fourth-order valence-corrected chi connectivity index (χ4v) is 1.93. The van der Waals surface area contributed by atoms with Crippen LogP contribution in [0.3, 0.4) is 0 Å². The molecule has 0 spiro atoms. The molecule has 1 heterocycles. The number of carbonyl (C=O) groups excluding carboxylic acids is 2. The van der Waals surface area contributed by atoms with Gasteiger partial charge in [-0.3, -0.25) is 20.4 Å². The first-order valence-electron chi connectivity index (χ1n) is 6.41. The molecule has 0 saturated carbocycles. The highest BCUT2D eigenvalue weighted by Crippen LogP contribution is 2.18. The molecule has 20 heavy (non-hydrogen) atoms. The summed E-state index contributed by atoms with van der Waals surface area (Å²) in [5.74, 6) is -0.879. The molecule has 1 aromatic carbocycles. The van der Waals surface area contributed by atoms with Gasteiger partial charge in [-0.25, -0.2) is 0 Å². The van der Waals surface area contributed by atoms with E-state index in [1.165, 1.54) is 12.3 Å². The average molecular weight is 272 g/mol. The number of rotatable bonds is 4. The smallest absolute Gasteiger partial charge is 0.305 e. The highest BCUT2D eigenvalue weighted by Gasteiger charge is 2.19. The van der Waals surface area contributed by atoms with Crippen LogP contribution < -0.4 is 10.9 Å². The van der Waals surface area contributed by atoms with E-state index in [9.17, 15) is 9.59 Å². The van der Waals surface area contributed by atoms with Gasteiger partial charge in [0, 0.05) is 0 Å². The van der Waals surface area contributed by atoms with E-state index in [0.717, 1.165) is 5.56 Å². The largest absolute Gasteiger partial charge is 0.459 e. The van der Waals surface area contributed by atoms with Crippen molar-refractivity contribution in [3.63, 3.8) is 0 Å². The fraction of sp³-hybridized carbons (Fsp3) is 0.200. The van der Waals surface area contributed by atoms with Gasteiger partial charge >= 0.3 is 5.91 Å². The second-order valence-corrected chi connectivity index (χ2v) is 4.29. The van der Waals surface area contributed by atoms with Gasteiger partial charge < -0.3 is 4.42 Å². The zero-order valence-corrected chi connectivity index (χ0v) is 11.1. The van der Waals surface area contributed by atoms with Gasteiger partial charge in [-0.1, -0.05) is 37.3 Å². The van der Waals surface area contributed by atoms with Crippen molar-refractivity contribution in [2.24, 2.45) is 0 Å². The van der Waals surface area contributed by atoms with E-state index >= 15 is 0 Å². The summed E-state index contributed by atoms with van der Waals surface area (Å²) in [5, 5.41) is 0. The van der Waals surface area contributed by atoms with Crippen LogP contribution in [0, 0.1) is 0 Å². The van der Waals surface area contributed by atoms with Crippen LogP contribution in [0.1, 0.15) is 35.4 Å². The van der Waals surface area contributed by atoms with Crippen LogP contribution >= 0.6 is 0 Å². The van der Waals surface area contributed by atoms with Crippen LogP contribution in [0.4, 0.5) is 0 Å². The highest BCUT2D eigenvalue weighted by molar-refractivity contribution is 5.93. The summed E-state index contributed by atoms with van der Waals surface area (Å²) in [6, 6.07) is 12.6. The van der Waals surface area contributed by atoms with Crippen molar-refractivity contribution in [2.45, 2.75) is 19.3 Å². The predicted octanol–water partition coefficient (Wildman–Crippen LogP) is 2.23. The van der Waals surface area contributed by atoms with Crippen LogP contribution in [-0.2, 0) is 4.79 Å². The number of hydrogen-bond donors (Lipinski definition) is 2. The lowest BCUT2D eigenvalue weighted by Crippen LogP contribution is -2.43. The number of nitrogens with one attached hydrogen (secondary N) is 2. The first kappa shape index (κ1) is 13.9. The van der Waals surface area contributed by atoms with Crippen molar-refractivity contribution in [3.05, 3.63) is 60.1 Å². The van der Waals surface area contributed by atoms with Gasteiger partial charge in [0.15, 0.2) is 5.76 Å². The van der Waals surface area contributed by atoms with Crippen LogP contribution in [0.5, 0.6) is 0 Å². The summed E-state index contributed by atoms with van der Waals surface area (Å²) >= 11 is 0. The van der Waals surface area contributed by atoms with Gasteiger partial charge in [0.2, 0.25) is 5.91 Å². The molecular formula is C15H16N2O3. The van der Waals surface area contributed by atoms with Crippen molar-refractivity contribution in [2.75, 3.05) is 0 Å². The summed E-state index contributed by atoms with van der Waals surface area (Å²) in [6.07, 6.45) is 2.04. The van der Waals surface area contributed by atoms with Gasteiger partial charge in [-0.15, -0.1) is 0 Å². The molecule has 1 unspecified atom stereocenters. The van der Waals surface area contributed by atoms with Crippen molar-refractivity contribution in [1.82, 2.24) is 10.9 Å². The lowest BCUT2D eigenvalue weighted by Gasteiger charge is -2.15. The van der Waals surface area contributed by atoms with Crippen molar-refractivity contribution in [3.8, 4) is 0 Å². The third-order valence-electron chi connectivity index (χ3n) is 2.97. The standard InChI is InChI=1S/C15H16N2O3/c1-2-12(11-7-4-3-5-8-11)14(18)16-17-15(19)13-9-6-10-20-13/h3-10,12H,2H2,1H3,(H,16,18)(H,17,19). The molecular weight excluding hydrogens is 256 g/mol. The minimum Gasteiger partial charge on any atom is -0.459 e. The lowest BCUT2D eigenvalue weighted by molar-refractivity contribution is -0.123. The maximum atomic E-state index is 12.1.